The van der Waals surface area contributed by atoms with Crippen LogP contribution in [-0.4, -0.2) is 43.8 Å². The first-order chi connectivity index (χ1) is 20.3. The van der Waals surface area contributed by atoms with Gasteiger partial charge in [0.1, 0.15) is 24.1 Å². The minimum Gasteiger partial charge on any atom is -0.497 e. The quantitative estimate of drug-likeness (QED) is 0.219. The lowest BCUT2D eigenvalue weighted by Gasteiger charge is -2.16. The third kappa shape index (κ3) is 7.31. The van der Waals surface area contributed by atoms with Crippen molar-refractivity contribution in [1.29, 1.82) is 0 Å². The first-order valence-electron chi connectivity index (χ1n) is 13.0. The maximum absolute atomic E-state index is 13.2. The highest BCUT2D eigenvalue weighted by Crippen LogP contribution is 2.33. The number of nitrogens with zero attached hydrogens (tertiary/aromatic N) is 1. The summed E-state index contributed by atoms with van der Waals surface area (Å²) >= 11 is 0. The minimum absolute atomic E-state index is 0.137. The van der Waals surface area contributed by atoms with Gasteiger partial charge in [0.15, 0.2) is 0 Å². The van der Waals surface area contributed by atoms with Gasteiger partial charge in [-0.2, -0.15) is 17.9 Å². The molecule has 226 valence electrons. The molecule has 4 rings (SSSR count). The zero-order chi connectivity index (χ0) is 31.4. The molecule has 0 radical (unpaired) electrons. The summed E-state index contributed by atoms with van der Waals surface area (Å²) in [6, 6.07) is 14.0. The van der Waals surface area contributed by atoms with Crippen LogP contribution < -0.4 is 14.2 Å². The molecule has 1 atom stereocenters. The summed E-state index contributed by atoms with van der Waals surface area (Å²) in [7, 11) is -2.76. The fourth-order valence-corrected chi connectivity index (χ4v) is 5.84. The number of ether oxygens (including phenoxy) is 2. The van der Waals surface area contributed by atoms with Crippen molar-refractivity contribution < 1.29 is 41.0 Å². The Labute approximate surface area is 247 Å². The van der Waals surface area contributed by atoms with Crippen LogP contribution in [0.15, 0.2) is 71.6 Å². The first-order valence-corrected chi connectivity index (χ1v) is 14.5. The number of aromatic nitrogens is 1. The molecule has 0 aliphatic rings. The van der Waals surface area contributed by atoms with Crippen molar-refractivity contribution in [3.05, 3.63) is 89.1 Å². The number of rotatable bonds is 11. The third-order valence-electron chi connectivity index (χ3n) is 6.91. The normalized spacial score (nSPS) is 12.4. The fraction of sp³-hybridized carbons (Fsp3) is 0.258. The van der Waals surface area contributed by atoms with Gasteiger partial charge >= 0.3 is 12.1 Å². The number of carboxylic acid groups (broad SMARTS) is 1. The van der Waals surface area contributed by atoms with Gasteiger partial charge in [-0.3, -0.25) is 4.79 Å². The van der Waals surface area contributed by atoms with Crippen LogP contribution in [0.3, 0.4) is 0 Å². The van der Waals surface area contributed by atoms with E-state index in [2.05, 4.69) is 16.6 Å². The molecular formula is C31H29F3N2O6S. The van der Waals surface area contributed by atoms with Crippen LogP contribution in [0.1, 0.15) is 29.3 Å². The number of benzene rings is 3. The lowest BCUT2D eigenvalue weighted by molar-refractivity contribution is -0.139. The van der Waals surface area contributed by atoms with Gasteiger partial charge in [0.25, 0.3) is 0 Å². The second-order valence-corrected chi connectivity index (χ2v) is 11.3. The van der Waals surface area contributed by atoms with E-state index in [0.717, 1.165) is 12.1 Å². The molecule has 1 aromatic heterocycles. The Morgan fingerprint density at radius 1 is 1.05 bits per heavy atom. The lowest BCUT2D eigenvalue weighted by Crippen LogP contribution is -2.42. The molecule has 0 bridgehead atoms. The Hall–Kier alpha value is -4.47. The molecule has 0 spiro atoms. The molecule has 0 aliphatic carbocycles. The summed E-state index contributed by atoms with van der Waals surface area (Å²) in [5.74, 6) is 4.94. The topological polar surface area (TPSA) is 107 Å². The Kier molecular flexibility index (Phi) is 9.37. The van der Waals surface area contributed by atoms with Gasteiger partial charge in [-0.25, -0.2) is 8.42 Å². The predicted molar refractivity (Wildman–Crippen MR) is 155 cm³/mol. The second-order valence-electron chi connectivity index (χ2n) is 9.63. The summed E-state index contributed by atoms with van der Waals surface area (Å²) in [4.78, 5) is 12.2. The Morgan fingerprint density at radius 2 is 1.70 bits per heavy atom. The van der Waals surface area contributed by atoms with Crippen LogP contribution in [0.2, 0.25) is 0 Å². The molecule has 4 aromatic rings. The number of carbonyl (C=O) groups is 1. The standard InChI is InChI=1S/C31H29F3N2O6S/c1-4-5-16-42-23-10-13-25(14-11-23)43(39,40)35-28(30(37)38)18-26-20(2)36(29-15-12-24(41-3)17-27(26)29)19-21-6-8-22(9-7-21)31(32,33)34/h6-15,17,28,35H,16,18-19H2,1-3H3,(H,37,38). The van der Waals surface area contributed by atoms with Crippen molar-refractivity contribution >= 4 is 26.9 Å². The van der Waals surface area contributed by atoms with Crippen molar-refractivity contribution in [2.24, 2.45) is 0 Å². The highest BCUT2D eigenvalue weighted by Gasteiger charge is 2.31. The highest BCUT2D eigenvalue weighted by atomic mass is 32.2. The minimum atomic E-state index is -4.46. The summed E-state index contributed by atoms with van der Waals surface area (Å²) in [5.41, 5.74) is 1.70. The number of alkyl halides is 3. The average Bonchev–Trinajstić information content (AvgIpc) is 3.22. The number of hydrogen-bond acceptors (Lipinski definition) is 5. The monoisotopic (exact) mass is 614 g/mol. The fourth-order valence-electron chi connectivity index (χ4n) is 4.65. The number of aliphatic carboxylic acids is 1. The van der Waals surface area contributed by atoms with E-state index in [1.807, 2.05) is 4.57 Å². The number of hydrogen-bond donors (Lipinski definition) is 2. The third-order valence-corrected chi connectivity index (χ3v) is 8.40. The summed E-state index contributed by atoms with van der Waals surface area (Å²) in [5, 5.41) is 10.7. The smallest absolute Gasteiger partial charge is 0.416 e. The number of methoxy groups -OCH3 is 1. The molecule has 12 heteroatoms. The van der Waals surface area contributed by atoms with E-state index >= 15 is 0 Å². The van der Waals surface area contributed by atoms with Gasteiger partial charge in [-0.15, -0.1) is 5.92 Å². The van der Waals surface area contributed by atoms with Gasteiger partial charge in [0, 0.05) is 29.6 Å². The van der Waals surface area contributed by atoms with E-state index in [4.69, 9.17) is 9.47 Å². The first kappa shape index (κ1) is 31.5. The van der Waals surface area contributed by atoms with E-state index in [0.29, 0.717) is 39.2 Å². The van der Waals surface area contributed by atoms with Crippen LogP contribution in [0, 0.1) is 18.8 Å². The number of carboxylic acids is 1. The largest absolute Gasteiger partial charge is 0.497 e. The van der Waals surface area contributed by atoms with Crippen LogP contribution in [-0.2, 0) is 34.0 Å². The molecule has 2 N–H and O–H groups in total. The SMILES string of the molecule is CC#CCOc1ccc(S(=O)(=O)NC(Cc2c(C)n(Cc3ccc(C(F)(F)F)cc3)c3ccc(OC)cc23)C(=O)O)cc1. The van der Waals surface area contributed by atoms with Crippen LogP contribution >= 0.6 is 0 Å². The number of nitrogens with one attached hydrogen (secondary N) is 1. The van der Waals surface area contributed by atoms with Gasteiger partial charge < -0.3 is 19.1 Å². The highest BCUT2D eigenvalue weighted by molar-refractivity contribution is 7.89. The Morgan fingerprint density at radius 3 is 2.28 bits per heavy atom. The summed E-state index contributed by atoms with van der Waals surface area (Å²) in [6.45, 7) is 3.76. The van der Waals surface area contributed by atoms with Crippen molar-refractivity contribution in [2.75, 3.05) is 13.7 Å². The molecule has 0 amide bonds. The maximum atomic E-state index is 13.2. The predicted octanol–water partition coefficient (Wildman–Crippen LogP) is 5.40. The van der Waals surface area contributed by atoms with E-state index in [-0.39, 0.29) is 24.5 Å². The van der Waals surface area contributed by atoms with Crippen LogP contribution in [0.25, 0.3) is 10.9 Å². The van der Waals surface area contributed by atoms with E-state index in [1.54, 1.807) is 32.0 Å². The zero-order valence-corrected chi connectivity index (χ0v) is 24.3. The van der Waals surface area contributed by atoms with Crippen LogP contribution in [0.4, 0.5) is 13.2 Å². The number of fused-ring (bicyclic) bond motifs is 1. The number of sulfonamides is 1. The van der Waals surface area contributed by atoms with Crippen molar-refractivity contribution in [3.8, 4) is 23.3 Å². The van der Waals surface area contributed by atoms with Gasteiger partial charge in [-0.1, -0.05) is 18.1 Å². The molecule has 0 saturated heterocycles. The lowest BCUT2D eigenvalue weighted by atomic mass is 10.0. The van der Waals surface area contributed by atoms with Gasteiger partial charge in [0.05, 0.1) is 17.6 Å². The summed E-state index contributed by atoms with van der Waals surface area (Å²) in [6.07, 6.45) is -4.67. The van der Waals surface area contributed by atoms with Crippen molar-refractivity contribution in [2.45, 2.75) is 43.9 Å². The van der Waals surface area contributed by atoms with Gasteiger partial charge in [-0.05, 0) is 79.6 Å². The van der Waals surface area contributed by atoms with Crippen LogP contribution in [0.5, 0.6) is 11.5 Å². The molecule has 0 saturated carbocycles. The van der Waals surface area contributed by atoms with E-state index in [1.165, 1.54) is 43.5 Å². The molecule has 1 unspecified atom stereocenters. The number of halogens is 3. The average molecular weight is 615 g/mol. The second kappa shape index (κ2) is 12.8. The maximum Gasteiger partial charge on any atom is 0.416 e. The molecule has 0 fully saturated rings. The zero-order valence-electron chi connectivity index (χ0n) is 23.5. The molecular weight excluding hydrogens is 585 g/mol. The summed E-state index contributed by atoms with van der Waals surface area (Å²) < 4.78 is 80.4. The van der Waals surface area contributed by atoms with Gasteiger partial charge in [0.2, 0.25) is 10.0 Å². The van der Waals surface area contributed by atoms with E-state index < -0.39 is 33.8 Å². The molecule has 3 aromatic carbocycles. The van der Waals surface area contributed by atoms with Crippen molar-refractivity contribution in [3.63, 3.8) is 0 Å². The van der Waals surface area contributed by atoms with E-state index in [9.17, 15) is 31.5 Å². The Balaban J connectivity index is 1.66. The van der Waals surface area contributed by atoms with Crippen molar-refractivity contribution in [1.82, 2.24) is 9.29 Å². The molecule has 43 heavy (non-hydrogen) atoms. The Bertz CT molecular complexity index is 1790. The molecule has 8 nitrogen and oxygen atoms in total. The molecule has 0 aliphatic heterocycles. The molecule has 1 heterocycles.